The third-order valence-corrected chi connectivity index (χ3v) is 3.81. The third kappa shape index (κ3) is 4.64. The standard InChI is InChI=1S/C16H21F2N3O2/c1-10-4-3-5-21(9-10)16(23)8-19-14-6-12(17)13(18)7-15(14)20-11(2)22/h6-7,10,19H,3-5,8-9H2,1-2H3,(H,20,22)/t10-/m0/s1. The van der Waals surface area contributed by atoms with Crippen molar-refractivity contribution in [2.75, 3.05) is 30.3 Å². The van der Waals surface area contributed by atoms with Crippen LogP contribution in [0.2, 0.25) is 0 Å². The molecule has 1 aromatic rings. The second-order valence-electron chi connectivity index (χ2n) is 5.93. The van der Waals surface area contributed by atoms with Crippen molar-refractivity contribution in [3.63, 3.8) is 0 Å². The highest BCUT2D eigenvalue weighted by atomic mass is 19.2. The summed E-state index contributed by atoms with van der Waals surface area (Å²) in [6.07, 6.45) is 2.07. The van der Waals surface area contributed by atoms with E-state index in [1.807, 2.05) is 0 Å². The first-order valence-corrected chi connectivity index (χ1v) is 7.65. The lowest BCUT2D eigenvalue weighted by Gasteiger charge is -2.31. The fourth-order valence-corrected chi connectivity index (χ4v) is 2.68. The van der Waals surface area contributed by atoms with Crippen molar-refractivity contribution >= 4 is 23.2 Å². The van der Waals surface area contributed by atoms with Gasteiger partial charge in [0.2, 0.25) is 11.8 Å². The summed E-state index contributed by atoms with van der Waals surface area (Å²) in [5.74, 6) is -2.15. The van der Waals surface area contributed by atoms with E-state index in [4.69, 9.17) is 0 Å². The van der Waals surface area contributed by atoms with Crippen LogP contribution in [0.15, 0.2) is 12.1 Å². The van der Waals surface area contributed by atoms with E-state index in [2.05, 4.69) is 17.6 Å². The maximum Gasteiger partial charge on any atom is 0.241 e. The maximum absolute atomic E-state index is 13.4. The van der Waals surface area contributed by atoms with Gasteiger partial charge in [-0.2, -0.15) is 0 Å². The molecule has 1 atom stereocenters. The van der Waals surface area contributed by atoms with Gasteiger partial charge < -0.3 is 15.5 Å². The summed E-state index contributed by atoms with van der Waals surface area (Å²) in [5, 5.41) is 5.20. The molecule has 1 fully saturated rings. The molecule has 2 N–H and O–H groups in total. The molecule has 0 aromatic heterocycles. The zero-order valence-electron chi connectivity index (χ0n) is 13.3. The highest BCUT2D eigenvalue weighted by molar-refractivity contribution is 5.93. The second-order valence-corrected chi connectivity index (χ2v) is 5.93. The van der Waals surface area contributed by atoms with Gasteiger partial charge in [0.15, 0.2) is 11.6 Å². The molecule has 1 aliphatic rings. The van der Waals surface area contributed by atoms with E-state index in [0.29, 0.717) is 19.0 Å². The molecule has 2 rings (SSSR count). The van der Waals surface area contributed by atoms with Crippen molar-refractivity contribution in [3.05, 3.63) is 23.8 Å². The number of benzene rings is 1. The molecule has 2 amide bonds. The van der Waals surface area contributed by atoms with E-state index >= 15 is 0 Å². The molecule has 23 heavy (non-hydrogen) atoms. The van der Waals surface area contributed by atoms with Crippen LogP contribution in [0.1, 0.15) is 26.7 Å². The van der Waals surface area contributed by atoms with Gasteiger partial charge in [-0.05, 0) is 18.8 Å². The number of hydrogen-bond acceptors (Lipinski definition) is 3. The molecule has 0 bridgehead atoms. The van der Waals surface area contributed by atoms with Crippen LogP contribution in [0.4, 0.5) is 20.2 Å². The van der Waals surface area contributed by atoms with E-state index in [9.17, 15) is 18.4 Å². The molecule has 1 heterocycles. The molecular weight excluding hydrogens is 304 g/mol. The van der Waals surface area contributed by atoms with Gasteiger partial charge in [0.25, 0.3) is 0 Å². The third-order valence-electron chi connectivity index (χ3n) is 3.81. The normalized spacial score (nSPS) is 17.7. The summed E-state index contributed by atoms with van der Waals surface area (Å²) in [6.45, 7) is 4.74. The lowest BCUT2D eigenvalue weighted by atomic mass is 10.0. The number of amides is 2. The quantitative estimate of drug-likeness (QED) is 0.894. The molecule has 1 aliphatic heterocycles. The number of nitrogens with zero attached hydrogens (tertiary/aromatic N) is 1. The van der Waals surface area contributed by atoms with Gasteiger partial charge in [-0.3, -0.25) is 9.59 Å². The molecular formula is C16H21F2N3O2. The number of piperidine rings is 1. The maximum atomic E-state index is 13.4. The van der Waals surface area contributed by atoms with Gasteiger partial charge in [0.1, 0.15) is 0 Å². The van der Waals surface area contributed by atoms with Gasteiger partial charge in [0, 0.05) is 32.1 Å². The molecule has 0 aliphatic carbocycles. The van der Waals surface area contributed by atoms with E-state index in [-0.39, 0.29) is 23.8 Å². The summed E-state index contributed by atoms with van der Waals surface area (Å²) in [4.78, 5) is 25.1. The molecule has 1 aromatic carbocycles. The monoisotopic (exact) mass is 325 g/mol. The Labute approximate surface area is 134 Å². The second kappa shape index (κ2) is 7.39. The Morgan fingerprint density at radius 3 is 2.52 bits per heavy atom. The number of hydrogen-bond donors (Lipinski definition) is 2. The van der Waals surface area contributed by atoms with Crippen LogP contribution < -0.4 is 10.6 Å². The number of anilines is 2. The molecule has 1 saturated heterocycles. The van der Waals surface area contributed by atoms with Gasteiger partial charge in [-0.25, -0.2) is 8.78 Å². The van der Waals surface area contributed by atoms with Crippen molar-refractivity contribution in [3.8, 4) is 0 Å². The Kier molecular flexibility index (Phi) is 5.52. The molecule has 126 valence electrons. The summed E-state index contributed by atoms with van der Waals surface area (Å²) in [6, 6.07) is 1.83. The van der Waals surface area contributed by atoms with Crippen molar-refractivity contribution in [1.82, 2.24) is 4.90 Å². The number of likely N-dealkylation sites (tertiary alicyclic amines) is 1. The largest absolute Gasteiger partial charge is 0.374 e. The molecule has 0 spiro atoms. The Morgan fingerprint density at radius 1 is 1.26 bits per heavy atom. The van der Waals surface area contributed by atoms with E-state index in [0.717, 1.165) is 25.0 Å². The van der Waals surface area contributed by atoms with Crippen molar-refractivity contribution in [1.29, 1.82) is 0 Å². The summed E-state index contributed by atoms with van der Waals surface area (Å²) in [7, 11) is 0. The van der Waals surface area contributed by atoms with E-state index < -0.39 is 17.5 Å². The number of nitrogens with one attached hydrogen (secondary N) is 2. The topological polar surface area (TPSA) is 61.4 Å². The van der Waals surface area contributed by atoms with Gasteiger partial charge in [0.05, 0.1) is 17.9 Å². The Bertz CT molecular complexity index is 607. The van der Waals surface area contributed by atoms with E-state index in [1.165, 1.54) is 6.92 Å². The summed E-state index contributed by atoms with van der Waals surface area (Å²) >= 11 is 0. The SMILES string of the molecule is CC(=O)Nc1cc(F)c(F)cc1NCC(=O)N1CCC[C@H](C)C1. The lowest BCUT2D eigenvalue weighted by Crippen LogP contribution is -2.42. The van der Waals surface area contributed by atoms with Crippen LogP contribution in [0.3, 0.4) is 0 Å². The average Bonchev–Trinajstić information content (AvgIpc) is 2.48. The summed E-state index contributed by atoms with van der Waals surface area (Å²) < 4.78 is 26.7. The Balaban J connectivity index is 2.05. The predicted molar refractivity (Wildman–Crippen MR) is 84.1 cm³/mol. The van der Waals surface area contributed by atoms with Crippen molar-refractivity contribution in [2.24, 2.45) is 5.92 Å². The fourth-order valence-electron chi connectivity index (χ4n) is 2.68. The molecule has 7 heteroatoms. The molecule has 0 radical (unpaired) electrons. The smallest absolute Gasteiger partial charge is 0.241 e. The lowest BCUT2D eigenvalue weighted by molar-refractivity contribution is -0.131. The van der Waals surface area contributed by atoms with Crippen molar-refractivity contribution in [2.45, 2.75) is 26.7 Å². The number of carbonyl (C=O) groups excluding carboxylic acids is 2. The minimum Gasteiger partial charge on any atom is -0.374 e. The Morgan fingerprint density at radius 2 is 1.91 bits per heavy atom. The minimum atomic E-state index is -1.06. The molecule has 0 unspecified atom stereocenters. The molecule has 0 saturated carbocycles. The first kappa shape index (κ1) is 17.2. The van der Waals surface area contributed by atoms with Crippen LogP contribution in [0.5, 0.6) is 0 Å². The highest BCUT2D eigenvalue weighted by Crippen LogP contribution is 2.25. The highest BCUT2D eigenvalue weighted by Gasteiger charge is 2.21. The summed E-state index contributed by atoms with van der Waals surface area (Å²) in [5.41, 5.74) is 0.286. The van der Waals surface area contributed by atoms with Crippen LogP contribution in [-0.4, -0.2) is 36.3 Å². The first-order valence-electron chi connectivity index (χ1n) is 7.65. The first-order chi connectivity index (χ1) is 10.9. The molecule has 5 nitrogen and oxygen atoms in total. The predicted octanol–water partition coefficient (Wildman–Crippen LogP) is 2.59. The van der Waals surface area contributed by atoms with Crippen molar-refractivity contribution < 1.29 is 18.4 Å². The van der Waals surface area contributed by atoms with E-state index in [1.54, 1.807) is 4.90 Å². The van der Waals surface area contributed by atoms with Gasteiger partial charge >= 0.3 is 0 Å². The van der Waals surface area contributed by atoms with Crippen LogP contribution in [-0.2, 0) is 9.59 Å². The zero-order valence-corrected chi connectivity index (χ0v) is 13.3. The van der Waals surface area contributed by atoms with Crippen LogP contribution in [0, 0.1) is 17.6 Å². The van der Waals surface area contributed by atoms with Gasteiger partial charge in [-0.15, -0.1) is 0 Å². The minimum absolute atomic E-state index is 0.0373. The number of halogens is 2. The zero-order chi connectivity index (χ0) is 17.0. The number of carbonyl (C=O) groups is 2. The number of rotatable bonds is 4. The van der Waals surface area contributed by atoms with Gasteiger partial charge in [-0.1, -0.05) is 6.92 Å². The Hall–Kier alpha value is -2.18. The fraction of sp³-hybridized carbons (Fsp3) is 0.500. The van der Waals surface area contributed by atoms with Crippen LogP contribution >= 0.6 is 0 Å². The van der Waals surface area contributed by atoms with Crippen LogP contribution in [0.25, 0.3) is 0 Å². The average molecular weight is 325 g/mol.